The third kappa shape index (κ3) is 3.42. The van der Waals surface area contributed by atoms with Crippen molar-refractivity contribution in [2.45, 2.75) is 20.3 Å². The van der Waals surface area contributed by atoms with E-state index in [4.69, 9.17) is 5.73 Å². The van der Waals surface area contributed by atoms with Gasteiger partial charge in [-0.25, -0.2) is 15.0 Å². The van der Waals surface area contributed by atoms with Gasteiger partial charge in [0.25, 0.3) is 0 Å². The van der Waals surface area contributed by atoms with E-state index in [1.807, 2.05) is 33.2 Å². The summed E-state index contributed by atoms with van der Waals surface area (Å²) in [6.45, 7) is 3.80. The van der Waals surface area contributed by atoms with Crippen LogP contribution in [0.25, 0.3) is 33.4 Å². The van der Waals surface area contributed by atoms with Crippen LogP contribution in [0.1, 0.15) is 27.8 Å². The molecular formula is C25H22N8O. The molecule has 4 heterocycles. The van der Waals surface area contributed by atoms with Gasteiger partial charge in [-0.15, -0.1) is 0 Å². The fourth-order valence-electron chi connectivity index (χ4n) is 4.43. The van der Waals surface area contributed by atoms with Crippen LogP contribution in [0.3, 0.4) is 0 Å². The van der Waals surface area contributed by atoms with Crippen molar-refractivity contribution in [1.82, 2.24) is 29.7 Å². The maximum atomic E-state index is 10.3. The number of nitrogen functional groups attached to an aromatic ring is 1. The number of aromatic amines is 1. The molecule has 34 heavy (non-hydrogen) atoms. The second kappa shape index (κ2) is 8.01. The summed E-state index contributed by atoms with van der Waals surface area (Å²) >= 11 is 0. The summed E-state index contributed by atoms with van der Waals surface area (Å²) < 4.78 is 1.74. The molecule has 9 nitrogen and oxygen atoms in total. The van der Waals surface area contributed by atoms with Gasteiger partial charge in [-0.1, -0.05) is 6.07 Å². The van der Waals surface area contributed by atoms with Gasteiger partial charge in [-0.05, 0) is 47.7 Å². The van der Waals surface area contributed by atoms with Crippen molar-refractivity contribution in [2.75, 3.05) is 5.73 Å². The monoisotopic (exact) mass is 450 g/mol. The van der Waals surface area contributed by atoms with Crippen LogP contribution >= 0.6 is 0 Å². The Hall–Kier alpha value is -4.71. The van der Waals surface area contributed by atoms with Crippen molar-refractivity contribution < 1.29 is 5.11 Å². The van der Waals surface area contributed by atoms with Crippen LogP contribution in [0.15, 0.2) is 43.1 Å². The number of pyridine rings is 1. The molecular weight excluding hydrogens is 428 g/mol. The molecule has 0 aliphatic carbocycles. The van der Waals surface area contributed by atoms with Crippen molar-refractivity contribution in [3.05, 3.63) is 70.9 Å². The lowest BCUT2D eigenvalue weighted by Gasteiger charge is -2.14. The summed E-state index contributed by atoms with van der Waals surface area (Å²) in [5, 5.41) is 25.7. The predicted octanol–water partition coefficient (Wildman–Crippen LogP) is 3.79. The minimum absolute atomic E-state index is 0.175. The van der Waals surface area contributed by atoms with Crippen LogP contribution in [-0.4, -0.2) is 34.8 Å². The Labute approximate surface area is 195 Å². The third-order valence-electron chi connectivity index (χ3n) is 6.05. The van der Waals surface area contributed by atoms with E-state index < -0.39 is 0 Å². The second-order valence-electron chi connectivity index (χ2n) is 8.29. The molecule has 9 heteroatoms. The molecule has 4 N–H and O–H groups in total. The highest BCUT2D eigenvalue weighted by Crippen LogP contribution is 2.40. The van der Waals surface area contributed by atoms with E-state index in [2.05, 4.69) is 31.1 Å². The highest BCUT2D eigenvalue weighted by molar-refractivity contribution is 5.98. The average Bonchev–Trinajstić information content (AvgIpc) is 3.40. The Bertz CT molecular complexity index is 1590. The zero-order chi connectivity index (χ0) is 24.0. The number of nitrogens with two attached hydrogens (primary N) is 1. The SMILES string of the molecule is Cc1ccc(O)c(C)c1-c1cnc2[nH]c(-c3cnc(N)nc3)c(Cc3cnn(C)c3)c2c1C#N. The van der Waals surface area contributed by atoms with E-state index in [9.17, 15) is 10.4 Å². The second-order valence-corrected chi connectivity index (χ2v) is 8.29. The molecule has 0 radical (unpaired) electrons. The fourth-order valence-corrected chi connectivity index (χ4v) is 4.43. The van der Waals surface area contributed by atoms with Crippen LogP contribution in [0, 0.1) is 25.2 Å². The van der Waals surface area contributed by atoms with Crippen LogP contribution in [-0.2, 0) is 13.5 Å². The summed E-state index contributed by atoms with van der Waals surface area (Å²) in [5.41, 5.74) is 13.3. The summed E-state index contributed by atoms with van der Waals surface area (Å²) in [7, 11) is 1.86. The number of phenolic OH excluding ortho intramolecular Hbond substituents is 1. The maximum Gasteiger partial charge on any atom is 0.219 e. The Morgan fingerprint density at radius 1 is 1.12 bits per heavy atom. The number of aromatic hydroxyl groups is 1. The first-order chi connectivity index (χ1) is 16.4. The van der Waals surface area contributed by atoms with Crippen LogP contribution in [0.5, 0.6) is 5.75 Å². The molecule has 0 spiro atoms. The van der Waals surface area contributed by atoms with Crippen molar-refractivity contribution >= 4 is 17.0 Å². The number of rotatable bonds is 4. The molecule has 0 bridgehead atoms. The highest BCUT2D eigenvalue weighted by Gasteiger charge is 2.23. The topological polar surface area (TPSA) is 142 Å². The highest BCUT2D eigenvalue weighted by atomic mass is 16.3. The zero-order valence-electron chi connectivity index (χ0n) is 19.0. The van der Waals surface area contributed by atoms with Crippen LogP contribution in [0.2, 0.25) is 0 Å². The Morgan fingerprint density at radius 3 is 2.56 bits per heavy atom. The summed E-state index contributed by atoms with van der Waals surface area (Å²) in [6.07, 6.45) is 9.24. The van der Waals surface area contributed by atoms with Gasteiger partial charge in [-0.3, -0.25) is 4.68 Å². The first-order valence-corrected chi connectivity index (χ1v) is 10.7. The molecule has 4 aromatic heterocycles. The summed E-state index contributed by atoms with van der Waals surface area (Å²) in [5.74, 6) is 0.357. The number of H-pyrrole nitrogens is 1. The van der Waals surface area contributed by atoms with Crippen LogP contribution < -0.4 is 5.73 Å². The van der Waals surface area contributed by atoms with Crippen molar-refractivity contribution in [1.29, 1.82) is 5.26 Å². The number of aromatic nitrogens is 6. The number of nitrogens with one attached hydrogen (secondary N) is 1. The molecule has 0 aliphatic rings. The minimum atomic E-state index is 0.175. The van der Waals surface area contributed by atoms with E-state index in [0.29, 0.717) is 28.8 Å². The number of anilines is 1. The fraction of sp³-hybridized carbons (Fsp3) is 0.160. The summed E-state index contributed by atoms with van der Waals surface area (Å²) in [4.78, 5) is 16.3. The average molecular weight is 451 g/mol. The smallest absolute Gasteiger partial charge is 0.219 e. The Kier molecular flexibility index (Phi) is 4.98. The third-order valence-corrected chi connectivity index (χ3v) is 6.05. The predicted molar refractivity (Wildman–Crippen MR) is 129 cm³/mol. The van der Waals surface area contributed by atoms with Gasteiger partial charge in [0.2, 0.25) is 5.95 Å². The molecule has 168 valence electrons. The lowest BCUT2D eigenvalue weighted by atomic mass is 9.90. The van der Waals surface area contributed by atoms with Gasteiger partial charge < -0.3 is 15.8 Å². The molecule has 5 aromatic rings. The van der Waals surface area contributed by atoms with Gasteiger partial charge in [0.1, 0.15) is 17.5 Å². The molecule has 0 unspecified atom stereocenters. The van der Waals surface area contributed by atoms with E-state index in [-0.39, 0.29) is 11.7 Å². The van der Waals surface area contributed by atoms with E-state index >= 15 is 0 Å². The molecule has 0 fully saturated rings. The molecule has 0 amide bonds. The Morgan fingerprint density at radius 2 is 1.88 bits per heavy atom. The number of phenols is 1. The van der Waals surface area contributed by atoms with E-state index in [0.717, 1.165) is 38.9 Å². The summed E-state index contributed by atoms with van der Waals surface area (Å²) in [6, 6.07) is 5.91. The largest absolute Gasteiger partial charge is 0.508 e. The van der Waals surface area contributed by atoms with E-state index in [1.165, 1.54) is 0 Å². The molecule has 1 aromatic carbocycles. The maximum absolute atomic E-state index is 10.3. The quantitative estimate of drug-likeness (QED) is 0.378. The lowest BCUT2D eigenvalue weighted by molar-refractivity contribution is 0.471. The number of fused-ring (bicyclic) bond motifs is 1. The zero-order valence-corrected chi connectivity index (χ0v) is 19.0. The number of aryl methyl sites for hydroxylation is 2. The molecule has 0 saturated carbocycles. The standard InChI is InChI=1S/C25H22N8O/c1-13-4-5-20(34)14(2)21(13)19-11-28-24-22(18(19)7-26)17(6-15-8-31-33(3)12-15)23(32-24)16-9-29-25(27)30-10-16/h4-5,8-12,34H,6H2,1-3H3,(H,28,32)(H2,27,29,30). The minimum Gasteiger partial charge on any atom is -0.508 e. The van der Waals surface area contributed by atoms with Gasteiger partial charge in [0, 0.05) is 54.8 Å². The van der Waals surface area contributed by atoms with Crippen LogP contribution in [0.4, 0.5) is 5.95 Å². The first-order valence-electron chi connectivity index (χ1n) is 10.7. The first kappa shape index (κ1) is 21.2. The van der Waals surface area contributed by atoms with Crippen molar-refractivity contribution in [3.8, 4) is 34.2 Å². The molecule has 0 atom stereocenters. The number of nitriles is 1. The Balaban J connectivity index is 1.83. The number of benzene rings is 1. The van der Waals surface area contributed by atoms with Gasteiger partial charge in [0.15, 0.2) is 0 Å². The number of nitrogens with zero attached hydrogens (tertiary/aromatic N) is 6. The molecule has 0 aliphatic heterocycles. The number of hydrogen-bond acceptors (Lipinski definition) is 7. The lowest BCUT2D eigenvalue weighted by Crippen LogP contribution is -1.97. The van der Waals surface area contributed by atoms with Gasteiger partial charge in [0.05, 0.1) is 17.5 Å². The number of hydrogen-bond donors (Lipinski definition) is 3. The van der Waals surface area contributed by atoms with Gasteiger partial charge in [-0.2, -0.15) is 10.4 Å². The van der Waals surface area contributed by atoms with Crippen molar-refractivity contribution in [2.24, 2.45) is 7.05 Å². The van der Waals surface area contributed by atoms with Crippen molar-refractivity contribution in [3.63, 3.8) is 0 Å². The van der Waals surface area contributed by atoms with E-state index in [1.54, 1.807) is 35.5 Å². The molecule has 0 saturated heterocycles. The normalized spacial score (nSPS) is 11.1. The molecule has 5 rings (SSSR count). The van der Waals surface area contributed by atoms with Gasteiger partial charge >= 0.3 is 0 Å².